The first kappa shape index (κ1) is 13.6. The maximum atomic E-state index is 5.66. The minimum absolute atomic E-state index is 0.404. The fraction of sp³-hybridized carbons (Fsp3) is 0.188. The predicted octanol–water partition coefficient (Wildman–Crippen LogP) is 4.32. The van der Waals surface area contributed by atoms with Gasteiger partial charge in [0.05, 0.1) is 0 Å². The summed E-state index contributed by atoms with van der Waals surface area (Å²) in [6.45, 7) is 0. The molecule has 1 aliphatic carbocycles. The van der Waals surface area contributed by atoms with E-state index in [9.17, 15) is 0 Å². The molecule has 0 amide bonds. The summed E-state index contributed by atoms with van der Waals surface area (Å²) in [6, 6.07) is 12.5. The molecule has 0 unspecified atom stereocenters. The van der Waals surface area contributed by atoms with E-state index in [4.69, 9.17) is 18.0 Å². The molecule has 0 saturated heterocycles. The average Bonchev–Trinajstić information content (AvgIpc) is 2.85. The van der Waals surface area contributed by atoms with Crippen LogP contribution in [0.25, 0.3) is 0 Å². The number of halogens is 1. The number of nitrogens with two attached hydrogens (primary N) is 1. The summed E-state index contributed by atoms with van der Waals surface area (Å²) >= 11 is 8.51. The average molecular weight is 347 g/mol. The van der Waals surface area contributed by atoms with Crippen LogP contribution in [0.5, 0.6) is 0 Å². The molecule has 4 heteroatoms. The van der Waals surface area contributed by atoms with Gasteiger partial charge in [0.2, 0.25) is 0 Å². The van der Waals surface area contributed by atoms with Crippen LogP contribution in [-0.2, 0) is 12.8 Å². The lowest BCUT2D eigenvalue weighted by molar-refractivity contribution is 0.912. The topological polar surface area (TPSA) is 38.0 Å². The monoisotopic (exact) mass is 346 g/mol. The molecule has 2 aromatic carbocycles. The van der Waals surface area contributed by atoms with Gasteiger partial charge in [0, 0.05) is 21.4 Å². The fourth-order valence-corrected chi connectivity index (χ4v) is 3.51. The molecule has 20 heavy (non-hydrogen) atoms. The lowest BCUT2D eigenvalue weighted by Gasteiger charge is -2.10. The highest BCUT2D eigenvalue weighted by Crippen LogP contribution is 2.28. The number of hydrogen-bond donors (Lipinski definition) is 2. The Morgan fingerprint density at radius 3 is 2.50 bits per heavy atom. The van der Waals surface area contributed by atoms with Gasteiger partial charge in [0.1, 0.15) is 4.99 Å². The van der Waals surface area contributed by atoms with Gasteiger partial charge in [0.25, 0.3) is 0 Å². The van der Waals surface area contributed by atoms with Gasteiger partial charge in [-0.05, 0) is 76.7 Å². The zero-order valence-electron chi connectivity index (χ0n) is 10.9. The van der Waals surface area contributed by atoms with Crippen molar-refractivity contribution in [3.8, 4) is 0 Å². The van der Waals surface area contributed by atoms with E-state index in [1.165, 1.54) is 30.4 Å². The predicted molar refractivity (Wildman–Crippen MR) is 91.8 cm³/mol. The van der Waals surface area contributed by atoms with Crippen molar-refractivity contribution in [2.75, 3.05) is 5.32 Å². The van der Waals surface area contributed by atoms with Gasteiger partial charge in [-0.25, -0.2) is 0 Å². The Kier molecular flexibility index (Phi) is 3.76. The van der Waals surface area contributed by atoms with Crippen LogP contribution < -0.4 is 11.1 Å². The maximum absolute atomic E-state index is 5.66. The van der Waals surface area contributed by atoms with Gasteiger partial charge in [-0.1, -0.05) is 18.3 Å². The van der Waals surface area contributed by atoms with E-state index in [2.05, 4.69) is 39.4 Å². The zero-order valence-corrected chi connectivity index (χ0v) is 13.4. The number of hydrogen-bond acceptors (Lipinski definition) is 2. The van der Waals surface area contributed by atoms with Crippen LogP contribution in [-0.4, -0.2) is 4.99 Å². The highest BCUT2D eigenvalue weighted by Gasteiger charge is 2.11. The molecule has 0 aromatic heterocycles. The van der Waals surface area contributed by atoms with Gasteiger partial charge in [-0.15, -0.1) is 0 Å². The zero-order chi connectivity index (χ0) is 14.1. The van der Waals surface area contributed by atoms with Gasteiger partial charge < -0.3 is 11.1 Å². The quantitative estimate of drug-likeness (QED) is 0.813. The number of anilines is 2. The Bertz CT molecular complexity index is 682. The summed E-state index contributed by atoms with van der Waals surface area (Å²) in [7, 11) is 0. The smallest absolute Gasteiger partial charge is 0.105 e. The third-order valence-corrected chi connectivity index (χ3v) is 4.50. The summed E-state index contributed by atoms with van der Waals surface area (Å²) in [6.07, 6.45) is 3.67. The third kappa shape index (κ3) is 2.72. The molecule has 0 atom stereocenters. The Labute approximate surface area is 132 Å². The fourth-order valence-electron chi connectivity index (χ4n) is 2.61. The van der Waals surface area contributed by atoms with Crippen LogP contribution in [0.15, 0.2) is 40.9 Å². The maximum Gasteiger partial charge on any atom is 0.105 e. The summed E-state index contributed by atoms with van der Waals surface area (Å²) < 4.78 is 0.913. The largest absolute Gasteiger partial charge is 0.389 e. The third-order valence-electron chi connectivity index (χ3n) is 3.62. The summed E-state index contributed by atoms with van der Waals surface area (Å²) in [5, 5.41) is 3.43. The van der Waals surface area contributed by atoms with E-state index < -0.39 is 0 Å². The van der Waals surface area contributed by atoms with Crippen molar-refractivity contribution in [3.63, 3.8) is 0 Å². The standard InChI is InChI=1S/C16H15BrN2S/c17-15-9-13(6-7-14(15)16(18)20)19-12-5-4-10-2-1-3-11(10)8-12/h4-9,19H,1-3H2,(H2,18,20). The molecule has 0 spiro atoms. The lowest BCUT2D eigenvalue weighted by Crippen LogP contribution is -2.10. The molecule has 102 valence electrons. The Hall–Kier alpha value is -1.39. The van der Waals surface area contributed by atoms with Crippen LogP contribution in [0, 0.1) is 0 Å². The Balaban J connectivity index is 1.84. The number of thiocarbonyl (C=S) groups is 1. The normalized spacial score (nSPS) is 13.1. The molecule has 0 heterocycles. The molecule has 2 nitrogen and oxygen atoms in total. The van der Waals surface area contributed by atoms with Crippen LogP contribution >= 0.6 is 28.1 Å². The van der Waals surface area contributed by atoms with E-state index in [0.29, 0.717) is 4.99 Å². The van der Waals surface area contributed by atoms with Crippen LogP contribution in [0.2, 0.25) is 0 Å². The second kappa shape index (κ2) is 5.54. The van der Waals surface area contributed by atoms with Crippen molar-refractivity contribution >= 4 is 44.5 Å². The van der Waals surface area contributed by atoms with E-state index in [-0.39, 0.29) is 0 Å². The number of aryl methyl sites for hydroxylation is 2. The van der Waals surface area contributed by atoms with Crippen molar-refractivity contribution in [1.29, 1.82) is 0 Å². The first-order chi connectivity index (χ1) is 9.63. The Morgan fingerprint density at radius 1 is 1.05 bits per heavy atom. The summed E-state index contributed by atoms with van der Waals surface area (Å²) in [5.74, 6) is 0. The second-order valence-electron chi connectivity index (χ2n) is 5.02. The highest BCUT2D eigenvalue weighted by atomic mass is 79.9. The van der Waals surface area contributed by atoms with Crippen molar-refractivity contribution in [1.82, 2.24) is 0 Å². The second-order valence-corrected chi connectivity index (χ2v) is 6.32. The lowest BCUT2D eigenvalue weighted by atomic mass is 10.1. The molecular weight excluding hydrogens is 332 g/mol. The minimum atomic E-state index is 0.404. The molecule has 0 aliphatic heterocycles. The van der Waals surface area contributed by atoms with E-state index in [1.54, 1.807) is 0 Å². The van der Waals surface area contributed by atoms with Crippen molar-refractivity contribution in [2.45, 2.75) is 19.3 Å². The van der Waals surface area contributed by atoms with E-state index >= 15 is 0 Å². The number of rotatable bonds is 3. The summed E-state index contributed by atoms with van der Waals surface area (Å²) in [4.78, 5) is 0.404. The SMILES string of the molecule is NC(=S)c1ccc(Nc2ccc3c(c2)CCC3)cc1Br. The molecule has 0 radical (unpaired) electrons. The number of nitrogens with one attached hydrogen (secondary N) is 1. The molecule has 1 aliphatic rings. The van der Waals surface area contributed by atoms with E-state index in [0.717, 1.165) is 21.4 Å². The first-order valence-corrected chi connectivity index (χ1v) is 7.82. The molecule has 3 N–H and O–H groups in total. The van der Waals surface area contributed by atoms with E-state index in [1.807, 2.05) is 18.2 Å². The highest BCUT2D eigenvalue weighted by molar-refractivity contribution is 9.10. The van der Waals surface area contributed by atoms with Gasteiger partial charge in [-0.3, -0.25) is 0 Å². The molecule has 0 bridgehead atoms. The van der Waals surface area contributed by atoms with Gasteiger partial charge >= 0.3 is 0 Å². The number of fused-ring (bicyclic) bond motifs is 1. The van der Waals surface area contributed by atoms with Crippen molar-refractivity contribution in [2.24, 2.45) is 5.73 Å². The molecule has 0 saturated carbocycles. The van der Waals surface area contributed by atoms with Gasteiger partial charge in [-0.2, -0.15) is 0 Å². The van der Waals surface area contributed by atoms with Crippen molar-refractivity contribution in [3.05, 3.63) is 57.6 Å². The molecule has 3 rings (SSSR count). The molecular formula is C16H15BrN2S. The van der Waals surface area contributed by atoms with Gasteiger partial charge in [0.15, 0.2) is 0 Å². The van der Waals surface area contributed by atoms with Crippen LogP contribution in [0.1, 0.15) is 23.1 Å². The first-order valence-electron chi connectivity index (χ1n) is 6.61. The Morgan fingerprint density at radius 2 is 1.75 bits per heavy atom. The molecule has 0 fully saturated rings. The summed E-state index contributed by atoms with van der Waals surface area (Å²) in [5.41, 5.74) is 11.6. The van der Waals surface area contributed by atoms with Crippen LogP contribution in [0.4, 0.5) is 11.4 Å². The molecule has 2 aromatic rings. The van der Waals surface area contributed by atoms with Crippen molar-refractivity contribution < 1.29 is 0 Å². The number of benzene rings is 2. The van der Waals surface area contributed by atoms with Crippen LogP contribution in [0.3, 0.4) is 0 Å². The minimum Gasteiger partial charge on any atom is -0.389 e.